The smallest absolute Gasteiger partial charge is 0.395 e. The second-order valence-electron chi connectivity index (χ2n) is 5.88. The first-order valence-corrected chi connectivity index (χ1v) is 8.33. The predicted octanol–water partition coefficient (Wildman–Crippen LogP) is 3.27. The number of nitrogens with one attached hydrogen (secondary N) is 1. The average molecular weight is 390 g/mol. The van der Waals surface area contributed by atoms with Crippen molar-refractivity contribution in [3.8, 4) is 0 Å². The zero-order chi connectivity index (χ0) is 19.3. The Labute approximate surface area is 154 Å². The van der Waals surface area contributed by atoms with E-state index in [4.69, 9.17) is 27.5 Å². The number of amides is 1. The molecule has 0 aromatic heterocycles. The highest BCUT2D eigenvalue weighted by molar-refractivity contribution is 6.42. The van der Waals surface area contributed by atoms with Crippen molar-refractivity contribution in [1.82, 2.24) is 4.90 Å². The van der Waals surface area contributed by atoms with Crippen molar-refractivity contribution in [1.29, 1.82) is 5.41 Å². The Morgan fingerprint density at radius 1 is 1.35 bits per heavy atom. The highest BCUT2D eigenvalue weighted by atomic mass is 35.5. The van der Waals surface area contributed by atoms with Crippen LogP contribution in [0, 0.1) is 5.41 Å². The van der Waals surface area contributed by atoms with Crippen LogP contribution in [-0.2, 0) is 16.1 Å². The van der Waals surface area contributed by atoms with Gasteiger partial charge in [-0.2, -0.15) is 13.2 Å². The molecule has 0 radical (unpaired) electrons. The Bertz CT molecular complexity index is 701. The first kappa shape index (κ1) is 20.3. The molecular formula is C17H19ClF3N3O2. The molecule has 0 spiro atoms. The minimum atomic E-state index is -4.79. The summed E-state index contributed by atoms with van der Waals surface area (Å²) in [5.41, 5.74) is 3.27. The second kappa shape index (κ2) is 8.55. The zero-order valence-electron chi connectivity index (χ0n) is 13.9. The number of allylic oxidation sites excluding steroid dienone is 1. The van der Waals surface area contributed by atoms with E-state index < -0.39 is 23.5 Å². The standard InChI is InChI=1S/C17H19ClF3N3O2/c18-13-4-2-1-3-11(13)10-24(12-5-7-26-8-6-12)16(25)14(22)9-15(23)17(19,20)21/h1-4,9,12,22H,5-8,10,23H2. The van der Waals surface area contributed by atoms with Gasteiger partial charge in [0.2, 0.25) is 0 Å². The Balaban J connectivity index is 2.26. The summed E-state index contributed by atoms with van der Waals surface area (Å²) in [4.78, 5) is 14.0. The van der Waals surface area contributed by atoms with E-state index in [0.717, 1.165) is 0 Å². The number of halogens is 4. The Hall–Kier alpha value is -2.06. The van der Waals surface area contributed by atoms with Gasteiger partial charge >= 0.3 is 6.18 Å². The first-order valence-electron chi connectivity index (χ1n) is 7.95. The van der Waals surface area contributed by atoms with Crippen molar-refractivity contribution in [2.24, 2.45) is 5.73 Å². The maximum Gasteiger partial charge on any atom is 0.430 e. The molecule has 0 bridgehead atoms. The van der Waals surface area contributed by atoms with Gasteiger partial charge in [0, 0.05) is 30.8 Å². The van der Waals surface area contributed by atoms with Gasteiger partial charge in [0.15, 0.2) is 0 Å². The summed E-state index contributed by atoms with van der Waals surface area (Å²) in [6.45, 7) is 0.959. The van der Waals surface area contributed by atoms with Crippen molar-refractivity contribution < 1.29 is 22.7 Å². The lowest BCUT2D eigenvalue weighted by atomic mass is 10.0. The monoisotopic (exact) mass is 389 g/mol. The molecule has 2 rings (SSSR count). The molecule has 0 aliphatic carbocycles. The van der Waals surface area contributed by atoms with Gasteiger partial charge in [-0.15, -0.1) is 0 Å². The molecule has 1 aliphatic heterocycles. The van der Waals surface area contributed by atoms with E-state index in [-0.39, 0.29) is 12.6 Å². The fraction of sp³-hybridized carbons (Fsp3) is 0.412. The molecule has 1 aliphatic rings. The maximum absolute atomic E-state index is 12.7. The topological polar surface area (TPSA) is 79.4 Å². The van der Waals surface area contributed by atoms with Gasteiger partial charge in [-0.25, -0.2) is 0 Å². The third kappa shape index (κ3) is 5.22. The van der Waals surface area contributed by atoms with Gasteiger partial charge in [-0.1, -0.05) is 29.8 Å². The molecule has 9 heteroatoms. The van der Waals surface area contributed by atoms with Crippen molar-refractivity contribution in [3.05, 3.63) is 46.6 Å². The largest absolute Gasteiger partial charge is 0.430 e. The lowest BCUT2D eigenvalue weighted by Crippen LogP contribution is -2.45. The van der Waals surface area contributed by atoms with Crippen LogP contribution in [0.25, 0.3) is 0 Å². The molecule has 26 heavy (non-hydrogen) atoms. The molecule has 1 amide bonds. The molecule has 142 valence electrons. The summed E-state index contributed by atoms with van der Waals surface area (Å²) in [5, 5.41) is 8.20. The lowest BCUT2D eigenvalue weighted by Gasteiger charge is -2.34. The van der Waals surface area contributed by atoms with Gasteiger partial charge in [0.1, 0.15) is 11.4 Å². The number of hydrogen-bond donors (Lipinski definition) is 2. The van der Waals surface area contributed by atoms with Crippen molar-refractivity contribution in [2.75, 3.05) is 13.2 Å². The molecular weight excluding hydrogens is 371 g/mol. The highest BCUT2D eigenvalue weighted by Gasteiger charge is 2.33. The molecule has 0 unspecified atom stereocenters. The summed E-state index contributed by atoms with van der Waals surface area (Å²) in [6.07, 6.45) is -3.38. The normalized spacial score (nSPS) is 16.4. The van der Waals surface area contributed by atoms with E-state index in [1.807, 2.05) is 0 Å². The zero-order valence-corrected chi connectivity index (χ0v) is 14.6. The van der Waals surface area contributed by atoms with E-state index in [0.29, 0.717) is 42.7 Å². The number of carbonyl (C=O) groups is 1. The van der Waals surface area contributed by atoms with Crippen molar-refractivity contribution in [2.45, 2.75) is 31.6 Å². The SMILES string of the molecule is N=C(C=C(N)C(F)(F)F)C(=O)N(Cc1ccccc1Cl)C1CCOCC1. The number of hydrogen-bond acceptors (Lipinski definition) is 4. The molecule has 1 saturated heterocycles. The number of carbonyl (C=O) groups excluding carboxylic acids is 1. The Morgan fingerprint density at radius 3 is 2.54 bits per heavy atom. The molecule has 1 aromatic rings. The van der Waals surface area contributed by atoms with E-state index in [1.165, 1.54) is 4.90 Å². The molecule has 1 aromatic carbocycles. The Morgan fingerprint density at radius 2 is 1.96 bits per heavy atom. The number of ether oxygens (including phenoxy) is 1. The molecule has 0 saturated carbocycles. The van der Waals surface area contributed by atoms with Crippen LogP contribution in [0.1, 0.15) is 18.4 Å². The number of alkyl halides is 3. The minimum Gasteiger partial charge on any atom is -0.395 e. The fourth-order valence-corrected chi connectivity index (χ4v) is 2.82. The third-order valence-electron chi connectivity index (χ3n) is 4.05. The fourth-order valence-electron chi connectivity index (χ4n) is 2.63. The van der Waals surface area contributed by atoms with Gasteiger partial charge in [-0.3, -0.25) is 10.2 Å². The first-order chi connectivity index (χ1) is 12.2. The van der Waals surface area contributed by atoms with Gasteiger partial charge in [-0.05, 0) is 30.5 Å². The molecule has 5 nitrogen and oxygen atoms in total. The number of benzene rings is 1. The predicted molar refractivity (Wildman–Crippen MR) is 91.9 cm³/mol. The van der Waals surface area contributed by atoms with Crippen LogP contribution < -0.4 is 5.73 Å². The Kier molecular flexibility index (Phi) is 6.66. The van der Waals surface area contributed by atoms with Crippen LogP contribution in [0.3, 0.4) is 0 Å². The van der Waals surface area contributed by atoms with Crippen LogP contribution >= 0.6 is 11.6 Å². The van der Waals surface area contributed by atoms with Crippen LogP contribution in [0.5, 0.6) is 0 Å². The van der Waals surface area contributed by atoms with E-state index in [1.54, 1.807) is 24.3 Å². The maximum atomic E-state index is 12.7. The van der Waals surface area contributed by atoms with E-state index in [2.05, 4.69) is 0 Å². The van der Waals surface area contributed by atoms with Crippen LogP contribution in [0.4, 0.5) is 13.2 Å². The number of nitrogens with zero attached hydrogens (tertiary/aromatic N) is 1. The van der Waals surface area contributed by atoms with Gasteiger partial charge in [0.25, 0.3) is 5.91 Å². The summed E-state index contributed by atoms with van der Waals surface area (Å²) in [6, 6.07) is 6.62. The summed E-state index contributed by atoms with van der Waals surface area (Å²) >= 11 is 6.14. The highest BCUT2D eigenvalue weighted by Crippen LogP contribution is 2.24. The van der Waals surface area contributed by atoms with E-state index in [9.17, 15) is 18.0 Å². The summed E-state index contributed by atoms with van der Waals surface area (Å²) < 4.78 is 43.0. The molecule has 3 N–H and O–H groups in total. The molecule has 1 fully saturated rings. The third-order valence-corrected chi connectivity index (χ3v) is 4.42. The molecule has 0 atom stereocenters. The quantitative estimate of drug-likeness (QED) is 0.758. The number of rotatable bonds is 5. The van der Waals surface area contributed by atoms with Crippen LogP contribution in [0.15, 0.2) is 36.0 Å². The van der Waals surface area contributed by atoms with Crippen molar-refractivity contribution in [3.63, 3.8) is 0 Å². The van der Waals surface area contributed by atoms with E-state index >= 15 is 0 Å². The lowest BCUT2D eigenvalue weighted by molar-refractivity contribution is -0.128. The van der Waals surface area contributed by atoms with Crippen LogP contribution in [-0.4, -0.2) is 42.0 Å². The van der Waals surface area contributed by atoms with Crippen molar-refractivity contribution >= 4 is 23.2 Å². The average Bonchev–Trinajstić information content (AvgIpc) is 2.60. The number of nitrogens with two attached hydrogens (primary N) is 1. The summed E-state index contributed by atoms with van der Waals surface area (Å²) in [5.74, 6) is -0.830. The van der Waals surface area contributed by atoms with Crippen LogP contribution in [0.2, 0.25) is 5.02 Å². The summed E-state index contributed by atoms with van der Waals surface area (Å²) in [7, 11) is 0. The van der Waals surface area contributed by atoms with Gasteiger partial charge in [0.05, 0.1) is 0 Å². The molecule has 1 heterocycles. The van der Waals surface area contributed by atoms with Gasteiger partial charge < -0.3 is 15.4 Å². The minimum absolute atomic E-state index is 0.0886. The second-order valence-corrected chi connectivity index (χ2v) is 6.29.